The van der Waals surface area contributed by atoms with E-state index in [1.807, 2.05) is 0 Å². The van der Waals surface area contributed by atoms with E-state index in [1.54, 1.807) is 18.2 Å². The summed E-state index contributed by atoms with van der Waals surface area (Å²) in [6.07, 6.45) is 0. The molecular formula is C14H13ClFNO2. The van der Waals surface area contributed by atoms with Crippen molar-refractivity contribution in [3.8, 4) is 11.5 Å². The number of phenols is 1. The highest BCUT2D eigenvalue weighted by Crippen LogP contribution is 2.28. The Morgan fingerprint density at radius 2 is 2.11 bits per heavy atom. The third kappa shape index (κ3) is 3.09. The minimum Gasteiger partial charge on any atom is -0.507 e. The van der Waals surface area contributed by atoms with Gasteiger partial charge in [-0.05, 0) is 24.3 Å². The lowest BCUT2D eigenvalue weighted by Crippen LogP contribution is -2.02. The van der Waals surface area contributed by atoms with E-state index in [4.69, 9.17) is 16.3 Å². The summed E-state index contributed by atoms with van der Waals surface area (Å²) in [6.45, 7) is 0.260. The van der Waals surface area contributed by atoms with Crippen LogP contribution in [0.2, 0.25) is 5.02 Å². The lowest BCUT2D eigenvalue weighted by Gasteiger charge is -2.11. The molecule has 0 fully saturated rings. The van der Waals surface area contributed by atoms with Gasteiger partial charge >= 0.3 is 0 Å². The zero-order valence-corrected chi connectivity index (χ0v) is 11.0. The molecule has 19 heavy (non-hydrogen) atoms. The second kappa shape index (κ2) is 5.80. The molecule has 0 heterocycles. The van der Waals surface area contributed by atoms with Gasteiger partial charge in [-0.1, -0.05) is 17.7 Å². The second-order valence-electron chi connectivity index (χ2n) is 3.94. The Labute approximate surface area is 115 Å². The molecule has 0 saturated carbocycles. The van der Waals surface area contributed by atoms with Crippen molar-refractivity contribution in [1.82, 2.24) is 0 Å². The number of anilines is 1. The minimum absolute atomic E-state index is 0.0827. The predicted octanol–water partition coefficient (Wildman–Crippen LogP) is 3.81. The molecule has 0 aliphatic carbocycles. The average molecular weight is 282 g/mol. The minimum atomic E-state index is -0.430. The van der Waals surface area contributed by atoms with Gasteiger partial charge in [0.2, 0.25) is 0 Å². The van der Waals surface area contributed by atoms with Crippen molar-refractivity contribution in [2.24, 2.45) is 0 Å². The summed E-state index contributed by atoms with van der Waals surface area (Å²) >= 11 is 5.90. The lowest BCUT2D eigenvalue weighted by atomic mass is 10.2. The van der Waals surface area contributed by atoms with Gasteiger partial charge in [0.1, 0.15) is 17.3 Å². The summed E-state index contributed by atoms with van der Waals surface area (Å²) in [4.78, 5) is 0. The standard InChI is InChI=1S/C14H13ClFNO2/c1-19-10-6-5-9(13(18)7-10)8-17-14-11(15)3-2-4-12(14)16/h2-7,17-18H,8H2,1H3. The Balaban J connectivity index is 2.15. The molecule has 0 radical (unpaired) electrons. The molecule has 0 bridgehead atoms. The number of ether oxygens (including phenoxy) is 1. The highest BCUT2D eigenvalue weighted by Gasteiger charge is 2.08. The molecule has 100 valence electrons. The van der Waals surface area contributed by atoms with Crippen molar-refractivity contribution < 1.29 is 14.2 Å². The van der Waals surface area contributed by atoms with E-state index in [9.17, 15) is 9.50 Å². The molecule has 0 amide bonds. The quantitative estimate of drug-likeness (QED) is 0.895. The van der Waals surface area contributed by atoms with Crippen molar-refractivity contribution in [2.75, 3.05) is 12.4 Å². The van der Waals surface area contributed by atoms with Crippen LogP contribution in [-0.4, -0.2) is 12.2 Å². The SMILES string of the molecule is COc1ccc(CNc2c(F)cccc2Cl)c(O)c1. The molecule has 0 aliphatic heterocycles. The molecule has 0 saturated heterocycles. The van der Waals surface area contributed by atoms with Gasteiger partial charge in [0.15, 0.2) is 0 Å². The van der Waals surface area contributed by atoms with Crippen molar-refractivity contribution >= 4 is 17.3 Å². The first-order valence-corrected chi connectivity index (χ1v) is 6.03. The van der Waals surface area contributed by atoms with Crippen LogP contribution in [-0.2, 0) is 6.54 Å². The fourth-order valence-electron chi connectivity index (χ4n) is 1.67. The van der Waals surface area contributed by atoms with Crippen LogP contribution in [0.1, 0.15) is 5.56 Å². The van der Waals surface area contributed by atoms with Gasteiger partial charge in [-0.2, -0.15) is 0 Å². The molecule has 2 aromatic rings. The Morgan fingerprint density at radius 3 is 2.74 bits per heavy atom. The highest BCUT2D eigenvalue weighted by atomic mass is 35.5. The van der Waals surface area contributed by atoms with E-state index in [0.717, 1.165) is 0 Å². The summed E-state index contributed by atoms with van der Waals surface area (Å²) in [5.74, 6) is 0.213. The second-order valence-corrected chi connectivity index (χ2v) is 4.35. The number of nitrogens with one attached hydrogen (secondary N) is 1. The van der Waals surface area contributed by atoms with Gasteiger partial charge in [0.05, 0.1) is 17.8 Å². The fourth-order valence-corrected chi connectivity index (χ4v) is 1.90. The van der Waals surface area contributed by atoms with Gasteiger partial charge in [0, 0.05) is 18.2 Å². The number of benzene rings is 2. The molecular weight excluding hydrogens is 269 g/mol. The third-order valence-corrected chi connectivity index (χ3v) is 3.03. The summed E-state index contributed by atoms with van der Waals surface area (Å²) in [6, 6.07) is 9.38. The van der Waals surface area contributed by atoms with E-state index in [1.165, 1.54) is 25.3 Å². The molecule has 2 N–H and O–H groups in total. The first-order valence-electron chi connectivity index (χ1n) is 5.65. The van der Waals surface area contributed by atoms with Crippen LogP contribution < -0.4 is 10.1 Å². The molecule has 2 aromatic carbocycles. The zero-order chi connectivity index (χ0) is 13.8. The van der Waals surface area contributed by atoms with E-state index in [0.29, 0.717) is 16.3 Å². The number of rotatable bonds is 4. The number of aromatic hydroxyl groups is 1. The lowest BCUT2D eigenvalue weighted by molar-refractivity contribution is 0.406. The fraction of sp³-hybridized carbons (Fsp3) is 0.143. The van der Waals surface area contributed by atoms with Crippen LogP contribution >= 0.6 is 11.6 Å². The summed E-state index contributed by atoms with van der Waals surface area (Å²) in [5, 5.41) is 13.0. The van der Waals surface area contributed by atoms with Crippen LogP contribution in [0.4, 0.5) is 10.1 Å². The number of halogens is 2. The topological polar surface area (TPSA) is 41.5 Å². The van der Waals surface area contributed by atoms with E-state index >= 15 is 0 Å². The van der Waals surface area contributed by atoms with Gasteiger partial charge < -0.3 is 15.2 Å². The Kier molecular flexibility index (Phi) is 4.12. The van der Waals surface area contributed by atoms with Crippen LogP contribution in [0.3, 0.4) is 0 Å². The van der Waals surface area contributed by atoms with E-state index in [2.05, 4.69) is 5.32 Å². The van der Waals surface area contributed by atoms with Gasteiger partial charge in [0.25, 0.3) is 0 Å². The van der Waals surface area contributed by atoms with Crippen LogP contribution in [0.15, 0.2) is 36.4 Å². The molecule has 3 nitrogen and oxygen atoms in total. The van der Waals surface area contributed by atoms with E-state index in [-0.39, 0.29) is 18.0 Å². The number of hydrogen-bond acceptors (Lipinski definition) is 3. The van der Waals surface area contributed by atoms with Crippen molar-refractivity contribution in [2.45, 2.75) is 6.54 Å². The van der Waals surface area contributed by atoms with Gasteiger partial charge in [-0.15, -0.1) is 0 Å². The molecule has 0 aliphatic rings. The summed E-state index contributed by atoms with van der Waals surface area (Å²) in [5.41, 5.74) is 0.847. The van der Waals surface area contributed by atoms with Crippen LogP contribution in [0.25, 0.3) is 0 Å². The Morgan fingerprint density at radius 1 is 1.32 bits per heavy atom. The largest absolute Gasteiger partial charge is 0.507 e. The third-order valence-electron chi connectivity index (χ3n) is 2.71. The number of methoxy groups -OCH3 is 1. The number of para-hydroxylation sites is 1. The summed E-state index contributed by atoms with van der Waals surface area (Å²) < 4.78 is 18.5. The van der Waals surface area contributed by atoms with Gasteiger partial charge in [-0.3, -0.25) is 0 Å². The van der Waals surface area contributed by atoms with E-state index < -0.39 is 5.82 Å². The normalized spacial score (nSPS) is 10.3. The highest BCUT2D eigenvalue weighted by molar-refractivity contribution is 6.33. The molecule has 0 spiro atoms. The maximum Gasteiger partial charge on any atom is 0.147 e. The molecule has 2 rings (SSSR count). The maximum atomic E-state index is 13.5. The average Bonchev–Trinajstić information content (AvgIpc) is 2.39. The Bertz CT molecular complexity index is 569. The monoisotopic (exact) mass is 281 g/mol. The smallest absolute Gasteiger partial charge is 0.147 e. The van der Waals surface area contributed by atoms with Crippen molar-refractivity contribution in [3.05, 3.63) is 52.8 Å². The first kappa shape index (κ1) is 13.5. The zero-order valence-electron chi connectivity index (χ0n) is 10.3. The first-order chi connectivity index (χ1) is 9.11. The number of phenolic OH excluding ortho intramolecular Hbond substituents is 1. The van der Waals surface area contributed by atoms with Crippen LogP contribution in [0, 0.1) is 5.82 Å². The van der Waals surface area contributed by atoms with Crippen molar-refractivity contribution in [1.29, 1.82) is 0 Å². The Hall–Kier alpha value is -1.94. The maximum absolute atomic E-state index is 13.5. The summed E-state index contributed by atoms with van der Waals surface area (Å²) in [7, 11) is 1.52. The van der Waals surface area contributed by atoms with Crippen LogP contribution in [0.5, 0.6) is 11.5 Å². The van der Waals surface area contributed by atoms with Crippen molar-refractivity contribution in [3.63, 3.8) is 0 Å². The molecule has 0 unspecified atom stereocenters. The molecule has 5 heteroatoms. The molecule has 0 aromatic heterocycles. The predicted molar refractivity (Wildman–Crippen MR) is 73.4 cm³/mol. The van der Waals surface area contributed by atoms with Gasteiger partial charge in [-0.25, -0.2) is 4.39 Å². The molecule has 0 atom stereocenters. The number of hydrogen-bond donors (Lipinski definition) is 2.